The number of ether oxygens (including phenoxy) is 2. The molecule has 4 rings (SSSR count). The Balaban J connectivity index is 1.51. The molecule has 1 N–H and O–H groups in total. The zero-order chi connectivity index (χ0) is 18.8. The summed E-state index contributed by atoms with van der Waals surface area (Å²) in [4.78, 5) is 14.9. The highest BCUT2D eigenvalue weighted by Crippen LogP contribution is 2.33. The van der Waals surface area contributed by atoms with Gasteiger partial charge in [0, 0.05) is 13.1 Å². The van der Waals surface area contributed by atoms with E-state index in [0.717, 1.165) is 48.7 Å². The lowest BCUT2D eigenvalue weighted by Gasteiger charge is -2.24. The maximum absolute atomic E-state index is 13.1. The van der Waals surface area contributed by atoms with Crippen LogP contribution in [0.25, 0.3) is 0 Å². The second-order valence-electron chi connectivity index (χ2n) is 6.96. The van der Waals surface area contributed by atoms with E-state index in [0.29, 0.717) is 24.8 Å². The van der Waals surface area contributed by atoms with Gasteiger partial charge in [0.15, 0.2) is 17.2 Å². The highest BCUT2D eigenvalue weighted by molar-refractivity contribution is 5.93. The number of nitrogens with one attached hydrogen (secondary N) is 1. The fraction of sp³-hybridized carbons (Fsp3) is 0.526. The smallest absolute Gasteiger partial charge is 0.276 e. The molecule has 27 heavy (non-hydrogen) atoms. The van der Waals surface area contributed by atoms with E-state index in [9.17, 15) is 4.79 Å². The number of nitrogens with zero attached hydrogens (tertiary/aromatic N) is 4. The van der Waals surface area contributed by atoms with Gasteiger partial charge >= 0.3 is 0 Å². The molecule has 0 radical (unpaired) electrons. The molecule has 0 atom stereocenters. The second kappa shape index (κ2) is 7.56. The molecule has 0 spiro atoms. The average Bonchev–Trinajstić information content (AvgIpc) is 3.32. The number of benzene rings is 1. The number of carbonyl (C=O) groups excluding carboxylic acids is 1. The molecule has 1 aromatic heterocycles. The first-order valence-electron chi connectivity index (χ1n) is 9.47. The van der Waals surface area contributed by atoms with Crippen LogP contribution < -0.4 is 14.8 Å². The van der Waals surface area contributed by atoms with Gasteiger partial charge in [-0.15, -0.1) is 5.10 Å². The quantitative estimate of drug-likeness (QED) is 0.865. The lowest BCUT2D eigenvalue weighted by molar-refractivity contribution is 0.0745. The van der Waals surface area contributed by atoms with E-state index in [4.69, 9.17) is 9.47 Å². The Morgan fingerprint density at radius 3 is 2.85 bits per heavy atom. The SMILES string of the molecule is CCN(Cc1ccc2c(c1)OCO2)C(=O)c1nnn(C2CCNCC2)c1C. The molecule has 0 bridgehead atoms. The van der Waals surface area contributed by atoms with Gasteiger partial charge in [0.25, 0.3) is 5.91 Å². The van der Waals surface area contributed by atoms with E-state index in [1.54, 1.807) is 4.90 Å². The van der Waals surface area contributed by atoms with Crippen LogP contribution in [-0.2, 0) is 6.54 Å². The molecular weight excluding hydrogens is 346 g/mol. The maximum atomic E-state index is 13.1. The molecular formula is C19H25N5O3. The minimum Gasteiger partial charge on any atom is -0.454 e. The Kier molecular flexibility index (Phi) is 4.98. The van der Waals surface area contributed by atoms with Crippen LogP contribution in [0.15, 0.2) is 18.2 Å². The normalized spacial score (nSPS) is 16.5. The highest BCUT2D eigenvalue weighted by Gasteiger charge is 2.26. The van der Waals surface area contributed by atoms with Crippen LogP contribution in [-0.4, -0.2) is 52.2 Å². The van der Waals surface area contributed by atoms with Gasteiger partial charge in [-0.3, -0.25) is 4.79 Å². The van der Waals surface area contributed by atoms with Crippen LogP contribution in [0.5, 0.6) is 11.5 Å². The van der Waals surface area contributed by atoms with Crippen LogP contribution in [0.1, 0.15) is 47.6 Å². The molecule has 0 aliphatic carbocycles. The summed E-state index contributed by atoms with van der Waals surface area (Å²) in [5, 5.41) is 11.9. The Labute approximate surface area is 158 Å². The maximum Gasteiger partial charge on any atom is 0.276 e. The minimum absolute atomic E-state index is 0.0900. The molecule has 2 aliphatic rings. The third kappa shape index (κ3) is 3.49. The topological polar surface area (TPSA) is 81.5 Å². The predicted octanol–water partition coefficient (Wildman–Crippen LogP) is 1.90. The molecule has 144 valence electrons. The summed E-state index contributed by atoms with van der Waals surface area (Å²) in [6.45, 7) is 7.17. The molecule has 2 aromatic rings. The second-order valence-corrected chi connectivity index (χ2v) is 6.96. The molecule has 1 saturated heterocycles. The highest BCUT2D eigenvalue weighted by atomic mass is 16.7. The zero-order valence-corrected chi connectivity index (χ0v) is 15.8. The van der Waals surface area contributed by atoms with E-state index >= 15 is 0 Å². The Hall–Kier alpha value is -2.61. The summed E-state index contributed by atoms with van der Waals surface area (Å²) in [5.74, 6) is 1.38. The summed E-state index contributed by atoms with van der Waals surface area (Å²) in [5.41, 5.74) is 2.28. The fourth-order valence-electron chi connectivity index (χ4n) is 3.67. The monoisotopic (exact) mass is 371 g/mol. The van der Waals surface area contributed by atoms with Crippen LogP contribution in [0.4, 0.5) is 0 Å². The average molecular weight is 371 g/mol. The van der Waals surface area contributed by atoms with E-state index in [2.05, 4.69) is 15.6 Å². The van der Waals surface area contributed by atoms with Gasteiger partial charge in [-0.1, -0.05) is 11.3 Å². The van der Waals surface area contributed by atoms with Gasteiger partial charge in [-0.2, -0.15) is 0 Å². The molecule has 1 amide bonds. The number of fused-ring (bicyclic) bond motifs is 1. The molecule has 2 aliphatic heterocycles. The van der Waals surface area contributed by atoms with Crippen molar-refractivity contribution in [2.24, 2.45) is 0 Å². The molecule has 1 aromatic carbocycles. The van der Waals surface area contributed by atoms with Gasteiger partial charge in [-0.05, 0) is 57.5 Å². The first kappa shape index (κ1) is 17.8. The summed E-state index contributed by atoms with van der Waals surface area (Å²) >= 11 is 0. The van der Waals surface area contributed by atoms with Crippen molar-refractivity contribution >= 4 is 5.91 Å². The van der Waals surface area contributed by atoms with Crippen molar-refractivity contribution in [3.05, 3.63) is 35.2 Å². The van der Waals surface area contributed by atoms with Gasteiger partial charge in [0.1, 0.15) is 0 Å². The van der Waals surface area contributed by atoms with Gasteiger partial charge in [0.05, 0.1) is 11.7 Å². The van der Waals surface area contributed by atoms with Crippen LogP contribution in [0, 0.1) is 6.92 Å². The predicted molar refractivity (Wildman–Crippen MR) is 98.9 cm³/mol. The Morgan fingerprint density at radius 1 is 1.30 bits per heavy atom. The first-order valence-corrected chi connectivity index (χ1v) is 9.47. The molecule has 8 nitrogen and oxygen atoms in total. The van der Waals surface area contributed by atoms with Gasteiger partial charge < -0.3 is 19.7 Å². The number of carbonyl (C=O) groups is 1. The summed E-state index contributed by atoms with van der Waals surface area (Å²) in [6, 6.07) is 6.08. The standard InChI is InChI=1S/C19H25N5O3/c1-3-23(11-14-4-5-16-17(10-14)27-12-26-16)19(25)18-13(2)24(22-21-18)15-6-8-20-9-7-15/h4-5,10,15,20H,3,6-9,11-12H2,1-2H3. The number of rotatable bonds is 5. The van der Waals surface area contributed by atoms with E-state index < -0.39 is 0 Å². The van der Waals surface area contributed by atoms with Crippen molar-refractivity contribution in [1.29, 1.82) is 0 Å². The number of hydrogen-bond acceptors (Lipinski definition) is 6. The number of piperidine rings is 1. The van der Waals surface area contributed by atoms with Crippen molar-refractivity contribution in [3.63, 3.8) is 0 Å². The van der Waals surface area contributed by atoms with Crippen molar-refractivity contribution in [1.82, 2.24) is 25.2 Å². The minimum atomic E-state index is -0.0900. The lowest BCUT2D eigenvalue weighted by atomic mass is 10.1. The van der Waals surface area contributed by atoms with Crippen LogP contribution in [0.3, 0.4) is 0 Å². The van der Waals surface area contributed by atoms with Gasteiger partial charge in [0.2, 0.25) is 6.79 Å². The molecule has 0 unspecified atom stereocenters. The number of amides is 1. The van der Waals surface area contributed by atoms with E-state index in [1.807, 2.05) is 36.7 Å². The zero-order valence-electron chi connectivity index (χ0n) is 15.8. The molecule has 1 fully saturated rings. The fourth-order valence-corrected chi connectivity index (χ4v) is 3.67. The molecule has 0 saturated carbocycles. The Bertz CT molecular complexity index is 829. The van der Waals surface area contributed by atoms with Crippen molar-refractivity contribution < 1.29 is 14.3 Å². The van der Waals surface area contributed by atoms with E-state index in [1.165, 1.54) is 0 Å². The third-order valence-corrected chi connectivity index (χ3v) is 5.26. The van der Waals surface area contributed by atoms with Crippen molar-refractivity contribution in [2.75, 3.05) is 26.4 Å². The molecule has 3 heterocycles. The lowest BCUT2D eigenvalue weighted by Crippen LogP contribution is -2.32. The van der Waals surface area contributed by atoms with Crippen molar-refractivity contribution in [2.45, 2.75) is 39.3 Å². The summed E-state index contributed by atoms with van der Waals surface area (Å²) < 4.78 is 12.7. The first-order chi connectivity index (χ1) is 13.2. The van der Waals surface area contributed by atoms with Crippen LogP contribution >= 0.6 is 0 Å². The van der Waals surface area contributed by atoms with Crippen LogP contribution in [0.2, 0.25) is 0 Å². The van der Waals surface area contributed by atoms with E-state index in [-0.39, 0.29) is 12.7 Å². The third-order valence-electron chi connectivity index (χ3n) is 5.26. The number of hydrogen-bond donors (Lipinski definition) is 1. The largest absolute Gasteiger partial charge is 0.454 e. The Morgan fingerprint density at radius 2 is 2.07 bits per heavy atom. The van der Waals surface area contributed by atoms with Crippen molar-refractivity contribution in [3.8, 4) is 11.5 Å². The van der Waals surface area contributed by atoms with Gasteiger partial charge in [-0.25, -0.2) is 4.68 Å². The molecule has 8 heteroatoms. The number of aromatic nitrogens is 3. The summed E-state index contributed by atoms with van der Waals surface area (Å²) in [7, 11) is 0. The summed E-state index contributed by atoms with van der Waals surface area (Å²) in [6.07, 6.45) is 2.01.